The van der Waals surface area contributed by atoms with Crippen molar-refractivity contribution in [3.8, 4) is 0 Å². The molecule has 1 rings (SSSR count). The number of nitrogens with two attached hydrogens (primary N) is 1. The van der Waals surface area contributed by atoms with Gasteiger partial charge >= 0.3 is 0 Å². The third-order valence-electron chi connectivity index (χ3n) is 2.77. The summed E-state index contributed by atoms with van der Waals surface area (Å²) in [6.07, 6.45) is 3.54. The normalized spacial score (nSPS) is 11.0. The van der Waals surface area contributed by atoms with Crippen LogP contribution in [0.2, 0.25) is 0 Å². The van der Waals surface area contributed by atoms with Gasteiger partial charge in [-0.05, 0) is 41.9 Å². The van der Waals surface area contributed by atoms with Gasteiger partial charge in [0.15, 0.2) is 0 Å². The van der Waals surface area contributed by atoms with E-state index in [1.165, 1.54) is 29.5 Å². The quantitative estimate of drug-likeness (QED) is 0.784. The van der Waals surface area contributed by atoms with Crippen LogP contribution in [0.15, 0.2) is 18.2 Å². The summed E-state index contributed by atoms with van der Waals surface area (Å²) < 4.78 is 0. The maximum atomic E-state index is 5.70. The molecule has 0 fully saturated rings. The third kappa shape index (κ3) is 4.05. The predicted molar refractivity (Wildman–Crippen MR) is 66.9 cm³/mol. The number of benzene rings is 1. The molecule has 0 aliphatic rings. The Morgan fingerprint density at radius 3 is 2.20 bits per heavy atom. The summed E-state index contributed by atoms with van der Waals surface area (Å²) >= 11 is 0. The second-order valence-electron chi connectivity index (χ2n) is 4.65. The lowest BCUT2D eigenvalue weighted by Crippen LogP contribution is -2.00. The number of rotatable bonds is 5. The van der Waals surface area contributed by atoms with E-state index in [-0.39, 0.29) is 0 Å². The molecule has 1 aromatic rings. The van der Waals surface area contributed by atoms with E-state index in [1.54, 1.807) is 0 Å². The Labute approximate surface area is 93.7 Å². The predicted octanol–water partition coefficient (Wildman–Crippen LogP) is 3.30. The van der Waals surface area contributed by atoms with Crippen molar-refractivity contribution >= 4 is 0 Å². The molecule has 0 amide bonds. The molecule has 0 aliphatic carbocycles. The van der Waals surface area contributed by atoms with E-state index < -0.39 is 0 Å². The third-order valence-corrected chi connectivity index (χ3v) is 2.77. The van der Waals surface area contributed by atoms with E-state index in [0.717, 1.165) is 12.3 Å². The molecule has 84 valence electrons. The van der Waals surface area contributed by atoms with Gasteiger partial charge in [0.2, 0.25) is 0 Å². The number of hydrogen-bond donors (Lipinski definition) is 1. The molecule has 1 nitrogen and oxygen atoms in total. The molecule has 0 aromatic heterocycles. The second kappa shape index (κ2) is 5.92. The van der Waals surface area contributed by atoms with Gasteiger partial charge in [-0.3, -0.25) is 0 Å². The molecule has 0 saturated carbocycles. The van der Waals surface area contributed by atoms with Crippen molar-refractivity contribution in [1.82, 2.24) is 0 Å². The van der Waals surface area contributed by atoms with Gasteiger partial charge in [-0.15, -0.1) is 0 Å². The van der Waals surface area contributed by atoms with Crippen molar-refractivity contribution in [2.24, 2.45) is 11.7 Å². The molecular formula is C14H23N. The maximum Gasteiger partial charge on any atom is 0.0178 e. The highest BCUT2D eigenvalue weighted by molar-refractivity contribution is 5.30. The van der Waals surface area contributed by atoms with E-state index in [0.29, 0.717) is 6.54 Å². The molecule has 1 heteroatoms. The summed E-state index contributed by atoms with van der Waals surface area (Å²) in [5, 5.41) is 0. The smallest absolute Gasteiger partial charge is 0.0178 e. The molecule has 0 bridgehead atoms. The first-order valence-electron chi connectivity index (χ1n) is 5.97. The molecule has 0 radical (unpaired) electrons. The Balaban J connectivity index is 2.77. The fraction of sp³-hybridized carbons (Fsp3) is 0.571. The van der Waals surface area contributed by atoms with Crippen LogP contribution in [-0.2, 0) is 19.4 Å². The minimum Gasteiger partial charge on any atom is -0.326 e. The van der Waals surface area contributed by atoms with Crippen molar-refractivity contribution in [2.75, 3.05) is 0 Å². The van der Waals surface area contributed by atoms with E-state index in [2.05, 4.69) is 39.0 Å². The lowest BCUT2D eigenvalue weighted by atomic mass is 9.98. The zero-order chi connectivity index (χ0) is 11.3. The first-order valence-corrected chi connectivity index (χ1v) is 5.97. The molecule has 15 heavy (non-hydrogen) atoms. The highest BCUT2D eigenvalue weighted by Crippen LogP contribution is 2.14. The lowest BCUT2D eigenvalue weighted by molar-refractivity contribution is 0.586. The van der Waals surface area contributed by atoms with Gasteiger partial charge in [0.1, 0.15) is 0 Å². The van der Waals surface area contributed by atoms with Crippen molar-refractivity contribution < 1.29 is 0 Å². The van der Waals surface area contributed by atoms with Crippen LogP contribution in [0.5, 0.6) is 0 Å². The van der Waals surface area contributed by atoms with Gasteiger partial charge in [-0.1, -0.05) is 39.0 Å². The molecular weight excluding hydrogens is 182 g/mol. The van der Waals surface area contributed by atoms with Crippen LogP contribution in [-0.4, -0.2) is 0 Å². The van der Waals surface area contributed by atoms with Gasteiger partial charge in [-0.25, -0.2) is 0 Å². The monoisotopic (exact) mass is 205 g/mol. The number of hydrogen-bond acceptors (Lipinski definition) is 1. The molecule has 0 unspecified atom stereocenters. The molecule has 0 spiro atoms. The molecule has 0 atom stereocenters. The SMILES string of the molecule is CCc1cc(CN)cc(CCC(C)C)c1. The Hall–Kier alpha value is -0.820. The van der Waals surface area contributed by atoms with E-state index in [9.17, 15) is 0 Å². The lowest BCUT2D eigenvalue weighted by Gasteiger charge is -2.09. The van der Waals surface area contributed by atoms with Gasteiger partial charge in [0.05, 0.1) is 0 Å². The standard InChI is InChI=1S/C14H23N/c1-4-12-7-13(6-5-11(2)3)9-14(8-12)10-15/h7-9,11H,4-6,10,15H2,1-3H3. The Morgan fingerprint density at radius 2 is 1.67 bits per heavy atom. The van der Waals surface area contributed by atoms with Crippen molar-refractivity contribution in [3.05, 3.63) is 34.9 Å². The average molecular weight is 205 g/mol. The molecule has 1 aromatic carbocycles. The van der Waals surface area contributed by atoms with Crippen LogP contribution < -0.4 is 5.73 Å². The van der Waals surface area contributed by atoms with Crippen molar-refractivity contribution in [3.63, 3.8) is 0 Å². The summed E-state index contributed by atoms with van der Waals surface area (Å²) in [6.45, 7) is 7.39. The fourth-order valence-corrected chi connectivity index (χ4v) is 1.76. The zero-order valence-corrected chi connectivity index (χ0v) is 10.2. The van der Waals surface area contributed by atoms with Gasteiger partial charge in [0.25, 0.3) is 0 Å². The highest BCUT2D eigenvalue weighted by atomic mass is 14.5. The van der Waals surface area contributed by atoms with Crippen LogP contribution in [0, 0.1) is 5.92 Å². The van der Waals surface area contributed by atoms with E-state index in [1.807, 2.05) is 0 Å². The van der Waals surface area contributed by atoms with E-state index >= 15 is 0 Å². The molecule has 2 N–H and O–H groups in total. The highest BCUT2D eigenvalue weighted by Gasteiger charge is 2.01. The Kier molecular flexibility index (Phi) is 4.83. The minimum absolute atomic E-state index is 0.655. The van der Waals surface area contributed by atoms with Crippen LogP contribution in [0.3, 0.4) is 0 Å². The first-order chi connectivity index (χ1) is 7.15. The van der Waals surface area contributed by atoms with Crippen molar-refractivity contribution in [2.45, 2.75) is 46.6 Å². The fourth-order valence-electron chi connectivity index (χ4n) is 1.76. The maximum absolute atomic E-state index is 5.70. The molecule has 0 aliphatic heterocycles. The summed E-state index contributed by atoms with van der Waals surface area (Å²) in [5.41, 5.74) is 9.83. The Morgan fingerprint density at radius 1 is 1.07 bits per heavy atom. The van der Waals surface area contributed by atoms with Crippen LogP contribution in [0.4, 0.5) is 0 Å². The Bertz CT molecular complexity index is 280. The van der Waals surface area contributed by atoms with Crippen LogP contribution in [0.25, 0.3) is 0 Å². The summed E-state index contributed by atoms with van der Waals surface area (Å²) in [5.74, 6) is 0.775. The topological polar surface area (TPSA) is 26.0 Å². The second-order valence-corrected chi connectivity index (χ2v) is 4.65. The summed E-state index contributed by atoms with van der Waals surface area (Å²) in [6, 6.07) is 6.79. The summed E-state index contributed by atoms with van der Waals surface area (Å²) in [7, 11) is 0. The van der Waals surface area contributed by atoms with Crippen LogP contribution in [0.1, 0.15) is 43.9 Å². The molecule has 0 heterocycles. The van der Waals surface area contributed by atoms with E-state index in [4.69, 9.17) is 5.73 Å². The number of aryl methyl sites for hydroxylation is 2. The van der Waals surface area contributed by atoms with Gasteiger partial charge in [0, 0.05) is 6.54 Å². The molecule has 0 saturated heterocycles. The average Bonchev–Trinajstić information content (AvgIpc) is 2.25. The minimum atomic E-state index is 0.655. The largest absolute Gasteiger partial charge is 0.326 e. The first kappa shape index (κ1) is 12.3. The van der Waals surface area contributed by atoms with Crippen molar-refractivity contribution in [1.29, 1.82) is 0 Å². The zero-order valence-electron chi connectivity index (χ0n) is 10.2. The van der Waals surface area contributed by atoms with Crippen LogP contribution >= 0.6 is 0 Å². The van der Waals surface area contributed by atoms with Gasteiger partial charge in [-0.2, -0.15) is 0 Å². The van der Waals surface area contributed by atoms with Gasteiger partial charge < -0.3 is 5.73 Å². The summed E-state index contributed by atoms with van der Waals surface area (Å²) in [4.78, 5) is 0.